The predicted molar refractivity (Wildman–Crippen MR) is 300 cm³/mol. The average Bonchev–Trinajstić information content (AvgIpc) is 3.34. The van der Waals surface area contributed by atoms with Crippen molar-refractivity contribution in [3.05, 3.63) is 0 Å². The van der Waals surface area contributed by atoms with E-state index in [0.29, 0.717) is 17.4 Å². The molecule has 0 bridgehead atoms. The Hall–Kier alpha value is -1.71. The molecular formula is C62H122NO8+. The Labute approximate surface area is 441 Å². The van der Waals surface area contributed by atoms with Gasteiger partial charge in [-0.25, -0.2) is 4.79 Å². The van der Waals surface area contributed by atoms with Gasteiger partial charge in [-0.05, 0) is 12.8 Å². The summed E-state index contributed by atoms with van der Waals surface area (Å²) in [5.41, 5.74) is 0. The summed E-state index contributed by atoms with van der Waals surface area (Å²) < 4.78 is 22.7. The number of hydrogen-bond donors (Lipinski definition) is 1. The molecule has 0 heterocycles. The molecule has 0 saturated carbocycles. The molecule has 422 valence electrons. The quantitative estimate of drug-likeness (QED) is 0.0278. The van der Waals surface area contributed by atoms with Crippen molar-refractivity contribution in [3.8, 4) is 0 Å². The second-order valence-corrected chi connectivity index (χ2v) is 22.7. The normalized spacial score (nSPS) is 12.6. The predicted octanol–water partition coefficient (Wildman–Crippen LogP) is 18.4. The van der Waals surface area contributed by atoms with E-state index in [2.05, 4.69) is 13.8 Å². The van der Waals surface area contributed by atoms with Crippen LogP contribution in [0.1, 0.15) is 322 Å². The van der Waals surface area contributed by atoms with E-state index in [4.69, 9.17) is 18.9 Å². The van der Waals surface area contributed by atoms with Crippen molar-refractivity contribution in [1.29, 1.82) is 0 Å². The number of carbonyl (C=O) groups is 3. The number of carbonyl (C=O) groups excluding carboxylic acids is 2. The minimum Gasteiger partial charge on any atom is -0.477 e. The van der Waals surface area contributed by atoms with Gasteiger partial charge in [0.25, 0.3) is 6.29 Å². The molecule has 0 rings (SSSR count). The monoisotopic (exact) mass is 1010 g/mol. The fourth-order valence-electron chi connectivity index (χ4n) is 9.55. The maximum atomic E-state index is 12.8. The summed E-state index contributed by atoms with van der Waals surface area (Å²) in [5, 5.41) is 9.64. The summed E-state index contributed by atoms with van der Waals surface area (Å²) in [7, 11) is 5.97. The van der Waals surface area contributed by atoms with Gasteiger partial charge >= 0.3 is 17.9 Å². The Morgan fingerprint density at radius 3 is 0.901 bits per heavy atom. The van der Waals surface area contributed by atoms with E-state index < -0.39 is 18.4 Å². The van der Waals surface area contributed by atoms with Gasteiger partial charge in [-0.3, -0.25) is 9.59 Å². The number of carboxylic acid groups (broad SMARTS) is 1. The second-order valence-electron chi connectivity index (χ2n) is 22.7. The first kappa shape index (κ1) is 69.3. The molecular weight excluding hydrogens is 887 g/mol. The van der Waals surface area contributed by atoms with E-state index in [1.54, 1.807) is 0 Å². The molecule has 0 saturated heterocycles. The summed E-state index contributed by atoms with van der Waals surface area (Å²) in [6.45, 7) is 4.88. The number of unbranched alkanes of at least 4 members (excludes halogenated alkanes) is 44. The average molecular weight is 1010 g/mol. The van der Waals surface area contributed by atoms with E-state index in [0.717, 1.165) is 38.5 Å². The smallest absolute Gasteiger partial charge is 0.361 e. The van der Waals surface area contributed by atoms with Crippen molar-refractivity contribution in [2.75, 3.05) is 47.5 Å². The zero-order valence-electron chi connectivity index (χ0n) is 48.2. The van der Waals surface area contributed by atoms with Crippen LogP contribution in [0.25, 0.3) is 0 Å². The lowest BCUT2D eigenvalue weighted by Crippen LogP contribution is -2.40. The minimum atomic E-state index is -1.50. The highest BCUT2D eigenvalue weighted by atomic mass is 16.7. The zero-order valence-corrected chi connectivity index (χ0v) is 48.2. The zero-order chi connectivity index (χ0) is 52.0. The van der Waals surface area contributed by atoms with Crippen LogP contribution in [0, 0.1) is 0 Å². The van der Waals surface area contributed by atoms with Crippen LogP contribution in [0.2, 0.25) is 0 Å². The van der Waals surface area contributed by atoms with E-state index in [1.807, 2.05) is 21.1 Å². The van der Waals surface area contributed by atoms with Crippen LogP contribution in [0.5, 0.6) is 0 Å². The molecule has 0 aliphatic heterocycles. The molecule has 0 aromatic carbocycles. The third kappa shape index (κ3) is 55.9. The van der Waals surface area contributed by atoms with Crippen LogP contribution in [-0.4, -0.2) is 87.4 Å². The maximum Gasteiger partial charge on any atom is 0.361 e. The summed E-state index contributed by atoms with van der Waals surface area (Å²) in [6, 6.07) is 0. The van der Waals surface area contributed by atoms with Crippen LogP contribution in [0.3, 0.4) is 0 Å². The summed E-state index contributed by atoms with van der Waals surface area (Å²) in [4.78, 5) is 37.1. The molecule has 0 spiro atoms. The molecule has 0 aliphatic rings. The van der Waals surface area contributed by atoms with Crippen LogP contribution < -0.4 is 0 Å². The molecule has 0 aromatic heterocycles. The molecule has 0 aromatic rings. The number of quaternary nitrogens is 1. The molecule has 2 atom stereocenters. The largest absolute Gasteiger partial charge is 0.477 e. The lowest BCUT2D eigenvalue weighted by molar-refractivity contribution is -0.870. The van der Waals surface area contributed by atoms with Crippen molar-refractivity contribution < 1.29 is 42.9 Å². The SMILES string of the molecule is CCCCCCCCCCCCCCCCCCCCCCCCCCCCCCCCCCCCCCCCCC(=O)OC(COC(=O)CCCCCCCCC)COC(OCC[N+](C)(C)C)C(=O)O. The molecule has 0 fully saturated rings. The van der Waals surface area contributed by atoms with E-state index in [9.17, 15) is 19.5 Å². The van der Waals surface area contributed by atoms with E-state index in [1.165, 1.54) is 257 Å². The standard InChI is InChI=1S/C62H121NO8/c1-6-8-10-12-14-15-16-17-18-19-20-21-22-23-24-25-26-27-28-29-30-31-32-33-34-35-36-37-38-39-40-41-42-43-44-45-47-49-51-53-60(65)71-58(56-69-59(64)52-50-48-46-13-11-9-7-2)57-70-62(61(66)67)68-55-54-63(3,4)5/h58,62H,6-57H2,1-5H3/p+1. The molecule has 1 N–H and O–H groups in total. The van der Waals surface area contributed by atoms with Crippen molar-refractivity contribution in [2.24, 2.45) is 0 Å². The maximum absolute atomic E-state index is 12.8. The molecule has 9 heteroatoms. The van der Waals surface area contributed by atoms with Gasteiger partial charge < -0.3 is 28.5 Å². The van der Waals surface area contributed by atoms with Crippen LogP contribution >= 0.6 is 0 Å². The highest BCUT2D eigenvalue weighted by Crippen LogP contribution is 2.19. The Morgan fingerprint density at radius 2 is 0.634 bits per heavy atom. The van der Waals surface area contributed by atoms with Gasteiger partial charge in [0.05, 0.1) is 34.4 Å². The first-order valence-corrected chi connectivity index (χ1v) is 31.2. The van der Waals surface area contributed by atoms with Crippen molar-refractivity contribution >= 4 is 17.9 Å². The van der Waals surface area contributed by atoms with Crippen molar-refractivity contribution in [3.63, 3.8) is 0 Å². The van der Waals surface area contributed by atoms with Gasteiger partial charge in [0.2, 0.25) is 0 Å². The highest BCUT2D eigenvalue weighted by molar-refractivity contribution is 5.71. The third-order valence-electron chi connectivity index (χ3n) is 14.4. The number of ether oxygens (including phenoxy) is 4. The van der Waals surface area contributed by atoms with Crippen LogP contribution in [0.4, 0.5) is 0 Å². The molecule has 0 amide bonds. The van der Waals surface area contributed by atoms with Gasteiger partial charge in [0.15, 0.2) is 6.10 Å². The van der Waals surface area contributed by atoms with Gasteiger partial charge in [0.1, 0.15) is 13.2 Å². The Bertz CT molecular complexity index is 1130. The summed E-state index contributed by atoms with van der Waals surface area (Å²) in [6.07, 6.45) is 59.8. The van der Waals surface area contributed by atoms with Gasteiger partial charge in [-0.15, -0.1) is 0 Å². The fraction of sp³-hybridized carbons (Fsp3) is 0.952. The lowest BCUT2D eigenvalue weighted by Gasteiger charge is -2.25. The number of aliphatic carboxylic acids is 1. The van der Waals surface area contributed by atoms with Crippen molar-refractivity contribution in [2.45, 2.75) is 334 Å². The van der Waals surface area contributed by atoms with Gasteiger partial charge in [-0.1, -0.05) is 296 Å². The first-order valence-electron chi connectivity index (χ1n) is 31.2. The number of esters is 2. The minimum absolute atomic E-state index is 0.175. The molecule has 9 nitrogen and oxygen atoms in total. The first-order chi connectivity index (χ1) is 34.6. The third-order valence-corrected chi connectivity index (χ3v) is 14.4. The lowest BCUT2D eigenvalue weighted by atomic mass is 10.0. The van der Waals surface area contributed by atoms with Gasteiger partial charge in [-0.2, -0.15) is 0 Å². The molecule has 0 radical (unpaired) electrons. The topological polar surface area (TPSA) is 108 Å². The van der Waals surface area contributed by atoms with Crippen LogP contribution in [0.15, 0.2) is 0 Å². The Balaban J connectivity index is 3.76. The molecule has 71 heavy (non-hydrogen) atoms. The second kappa shape index (κ2) is 54.5. The number of rotatable bonds is 59. The number of hydrogen-bond acceptors (Lipinski definition) is 7. The van der Waals surface area contributed by atoms with E-state index >= 15 is 0 Å². The Morgan fingerprint density at radius 1 is 0.366 bits per heavy atom. The molecule has 0 aliphatic carbocycles. The Kier molecular flexibility index (Phi) is 53.2. The summed E-state index contributed by atoms with van der Waals surface area (Å²) >= 11 is 0. The number of nitrogens with zero attached hydrogens (tertiary/aromatic N) is 1. The summed E-state index contributed by atoms with van der Waals surface area (Å²) in [5.74, 6) is -1.99. The fourth-order valence-corrected chi connectivity index (χ4v) is 9.55. The van der Waals surface area contributed by atoms with Gasteiger partial charge in [0, 0.05) is 12.8 Å². The highest BCUT2D eigenvalue weighted by Gasteiger charge is 2.25. The van der Waals surface area contributed by atoms with Crippen molar-refractivity contribution in [1.82, 2.24) is 0 Å². The van der Waals surface area contributed by atoms with Crippen LogP contribution in [-0.2, 0) is 33.3 Å². The number of likely N-dealkylation sites (N-methyl/N-ethyl adjacent to an activating group) is 1. The number of carboxylic acids is 1. The molecule has 2 unspecified atom stereocenters. The van der Waals surface area contributed by atoms with E-state index in [-0.39, 0.29) is 38.2 Å².